The van der Waals surface area contributed by atoms with E-state index in [1.807, 2.05) is 67.6 Å². The largest absolute Gasteiger partial charge is 0.485 e. The van der Waals surface area contributed by atoms with Crippen molar-refractivity contribution in [2.45, 2.75) is 32.0 Å². The summed E-state index contributed by atoms with van der Waals surface area (Å²) in [5.74, 6) is 1.12. The third-order valence-corrected chi connectivity index (χ3v) is 4.15. The minimum atomic E-state index is -1.26. The first-order valence-corrected chi connectivity index (χ1v) is 7.85. The van der Waals surface area contributed by atoms with Crippen molar-refractivity contribution in [1.29, 1.82) is 0 Å². The van der Waals surface area contributed by atoms with Crippen LogP contribution in [0.2, 0.25) is 0 Å². The number of rotatable bonds is 6. The molecule has 3 aromatic rings. The Morgan fingerprint density at radius 2 is 1.71 bits per heavy atom. The minimum Gasteiger partial charge on any atom is -0.485 e. The van der Waals surface area contributed by atoms with Crippen LogP contribution in [0.15, 0.2) is 65.2 Å². The molecule has 2 atom stereocenters. The molecule has 2 aromatic carbocycles. The van der Waals surface area contributed by atoms with Gasteiger partial charge in [0, 0.05) is 5.92 Å². The molecule has 5 nitrogen and oxygen atoms in total. The van der Waals surface area contributed by atoms with E-state index in [-0.39, 0.29) is 18.4 Å². The molecule has 0 bridgehead atoms. The molecule has 0 saturated carbocycles. The molecule has 0 aliphatic rings. The number of ether oxygens (including phenoxy) is 1. The van der Waals surface area contributed by atoms with Crippen LogP contribution in [0.4, 0.5) is 0 Å². The first kappa shape index (κ1) is 16.2. The monoisotopic (exact) mass is 324 g/mol. The van der Waals surface area contributed by atoms with Gasteiger partial charge in [-0.15, -0.1) is 0 Å². The van der Waals surface area contributed by atoms with Gasteiger partial charge in [0.2, 0.25) is 5.82 Å². The molecule has 3 rings (SSSR count). The summed E-state index contributed by atoms with van der Waals surface area (Å²) in [6, 6.07) is 19.2. The van der Waals surface area contributed by atoms with Gasteiger partial charge in [-0.05, 0) is 24.6 Å². The molecule has 0 aliphatic heterocycles. The van der Waals surface area contributed by atoms with E-state index in [9.17, 15) is 5.11 Å². The fourth-order valence-corrected chi connectivity index (χ4v) is 2.43. The van der Waals surface area contributed by atoms with Crippen LogP contribution in [0.1, 0.15) is 37.0 Å². The molecular formula is C19H20N2O3. The van der Waals surface area contributed by atoms with Crippen LogP contribution in [0.25, 0.3) is 0 Å². The van der Waals surface area contributed by atoms with E-state index in [2.05, 4.69) is 10.1 Å². The molecule has 0 saturated heterocycles. The molecule has 1 aromatic heterocycles. The maximum Gasteiger partial charge on any atom is 0.259 e. The van der Waals surface area contributed by atoms with E-state index in [0.29, 0.717) is 5.82 Å². The second kappa shape index (κ2) is 6.84. The Bertz CT molecular complexity index is 770. The van der Waals surface area contributed by atoms with Gasteiger partial charge in [-0.25, -0.2) is 0 Å². The quantitative estimate of drug-likeness (QED) is 0.749. The summed E-state index contributed by atoms with van der Waals surface area (Å²) in [4.78, 5) is 4.29. The molecule has 1 N–H and O–H groups in total. The Kier molecular flexibility index (Phi) is 4.62. The van der Waals surface area contributed by atoms with Crippen LogP contribution in [0, 0.1) is 0 Å². The van der Waals surface area contributed by atoms with E-state index >= 15 is 0 Å². The van der Waals surface area contributed by atoms with Crippen LogP contribution in [0.5, 0.6) is 5.75 Å². The normalized spacial score (nSPS) is 14.8. The number of hydrogen-bond acceptors (Lipinski definition) is 5. The van der Waals surface area contributed by atoms with E-state index in [0.717, 1.165) is 11.3 Å². The molecule has 124 valence electrons. The zero-order valence-electron chi connectivity index (χ0n) is 13.7. The summed E-state index contributed by atoms with van der Waals surface area (Å²) in [5.41, 5.74) is -0.262. The van der Waals surface area contributed by atoms with E-state index < -0.39 is 5.60 Å². The molecule has 0 spiro atoms. The number of para-hydroxylation sites is 1. The van der Waals surface area contributed by atoms with Gasteiger partial charge in [-0.1, -0.05) is 60.6 Å². The van der Waals surface area contributed by atoms with Gasteiger partial charge in [0.15, 0.2) is 6.61 Å². The Morgan fingerprint density at radius 1 is 1.08 bits per heavy atom. The molecule has 1 heterocycles. The molecular weight excluding hydrogens is 304 g/mol. The molecule has 5 heteroatoms. The first-order chi connectivity index (χ1) is 11.6. The zero-order chi connectivity index (χ0) is 17.0. The molecule has 24 heavy (non-hydrogen) atoms. The summed E-state index contributed by atoms with van der Waals surface area (Å²) in [6.07, 6.45) is 0. The van der Waals surface area contributed by atoms with Gasteiger partial charge in [0.25, 0.3) is 5.89 Å². The first-order valence-electron chi connectivity index (χ1n) is 7.85. The average molecular weight is 324 g/mol. The van der Waals surface area contributed by atoms with Crippen molar-refractivity contribution in [1.82, 2.24) is 10.1 Å². The van der Waals surface area contributed by atoms with Crippen LogP contribution in [-0.4, -0.2) is 15.2 Å². The fraction of sp³-hybridized carbons (Fsp3) is 0.263. The number of benzene rings is 2. The maximum absolute atomic E-state index is 10.9. The highest BCUT2D eigenvalue weighted by Crippen LogP contribution is 2.35. The van der Waals surface area contributed by atoms with Crippen molar-refractivity contribution in [2.75, 3.05) is 0 Å². The highest BCUT2D eigenvalue weighted by atomic mass is 16.5. The van der Waals surface area contributed by atoms with Gasteiger partial charge in [0.1, 0.15) is 11.4 Å². The Hall–Kier alpha value is -2.66. The Labute approximate surface area is 140 Å². The van der Waals surface area contributed by atoms with Gasteiger partial charge in [-0.2, -0.15) is 4.98 Å². The smallest absolute Gasteiger partial charge is 0.259 e. The lowest BCUT2D eigenvalue weighted by molar-refractivity contribution is 0.000602. The lowest BCUT2D eigenvalue weighted by Gasteiger charge is -2.26. The van der Waals surface area contributed by atoms with Gasteiger partial charge in [-0.3, -0.25) is 0 Å². The number of aromatic nitrogens is 2. The highest BCUT2D eigenvalue weighted by molar-refractivity contribution is 5.24. The van der Waals surface area contributed by atoms with Crippen molar-refractivity contribution < 1.29 is 14.4 Å². The number of nitrogens with zero attached hydrogens (tertiary/aromatic N) is 2. The van der Waals surface area contributed by atoms with Crippen molar-refractivity contribution in [3.63, 3.8) is 0 Å². The summed E-state index contributed by atoms with van der Waals surface area (Å²) in [7, 11) is 0. The summed E-state index contributed by atoms with van der Waals surface area (Å²) in [5, 5.41) is 14.8. The fourth-order valence-electron chi connectivity index (χ4n) is 2.43. The summed E-state index contributed by atoms with van der Waals surface area (Å²) in [6.45, 7) is 3.79. The molecule has 0 aliphatic carbocycles. The predicted octanol–water partition coefficient (Wildman–Crippen LogP) is 3.66. The second-order valence-corrected chi connectivity index (χ2v) is 5.90. The zero-order valence-corrected chi connectivity index (χ0v) is 13.7. The van der Waals surface area contributed by atoms with Crippen LogP contribution < -0.4 is 4.74 Å². The Balaban J connectivity index is 1.72. The highest BCUT2D eigenvalue weighted by Gasteiger charge is 2.37. The number of aliphatic hydroxyl groups is 1. The lowest BCUT2D eigenvalue weighted by Crippen LogP contribution is -2.28. The van der Waals surface area contributed by atoms with E-state index in [1.54, 1.807) is 6.92 Å². The van der Waals surface area contributed by atoms with E-state index in [4.69, 9.17) is 9.26 Å². The molecule has 2 unspecified atom stereocenters. The summed E-state index contributed by atoms with van der Waals surface area (Å²) >= 11 is 0. The SMILES string of the molecule is CC(c1ccccc1)C(C)(O)c1nc(COc2ccccc2)no1. The lowest BCUT2D eigenvalue weighted by atomic mass is 9.85. The minimum absolute atomic E-state index is 0.184. The topological polar surface area (TPSA) is 68.4 Å². The third kappa shape index (κ3) is 3.46. The molecule has 0 radical (unpaired) electrons. The van der Waals surface area contributed by atoms with E-state index in [1.165, 1.54) is 0 Å². The van der Waals surface area contributed by atoms with Crippen LogP contribution in [0.3, 0.4) is 0 Å². The predicted molar refractivity (Wildman–Crippen MR) is 89.5 cm³/mol. The standard InChI is InChI=1S/C19H20N2O3/c1-14(15-9-5-3-6-10-15)19(2,22)18-20-17(21-24-18)13-23-16-11-7-4-8-12-16/h3-12,14,22H,13H2,1-2H3. The van der Waals surface area contributed by atoms with Gasteiger partial charge >= 0.3 is 0 Å². The van der Waals surface area contributed by atoms with Crippen LogP contribution in [-0.2, 0) is 12.2 Å². The van der Waals surface area contributed by atoms with Crippen molar-refractivity contribution >= 4 is 0 Å². The van der Waals surface area contributed by atoms with Crippen LogP contribution >= 0.6 is 0 Å². The number of hydrogen-bond donors (Lipinski definition) is 1. The second-order valence-electron chi connectivity index (χ2n) is 5.90. The van der Waals surface area contributed by atoms with Crippen molar-refractivity contribution in [3.05, 3.63) is 77.9 Å². The maximum atomic E-state index is 10.9. The third-order valence-electron chi connectivity index (χ3n) is 4.15. The average Bonchev–Trinajstić information content (AvgIpc) is 3.11. The van der Waals surface area contributed by atoms with Crippen molar-refractivity contribution in [3.8, 4) is 5.75 Å². The van der Waals surface area contributed by atoms with Crippen molar-refractivity contribution in [2.24, 2.45) is 0 Å². The molecule has 0 amide bonds. The van der Waals surface area contributed by atoms with Gasteiger partial charge in [0.05, 0.1) is 0 Å². The summed E-state index contributed by atoms with van der Waals surface area (Å²) < 4.78 is 10.9. The van der Waals surface area contributed by atoms with Gasteiger partial charge < -0.3 is 14.4 Å². The molecule has 0 fully saturated rings. The Morgan fingerprint density at radius 3 is 2.38 bits per heavy atom.